The summed E-state index contributed by atoms with van der Waals surface area (Å²) in [6, 6.07) is -1.30. The van der Waals surface area contributed by atoms with Crippen LogP contribution < -0.4 is 5.32 Å². The van der Waals surface area contributed by atoms with Crippen molar-refractivity contribution in [3.63, 3.8) is 0 Å². The Kier molecular flexibility index (Phi) is 6.50. The molecule has 192 valence electrons. The lowest BCUT2D eigenvalue weighted by molar-refractivity contribution is -0.144. The summed E-state index contributed by atoms with van der Waals surface area (Å²) in [6.45, 7) is 13.7. The summed E-state index contributed by atoms with van der Waals surface area (Å²) >= 11 is 0. The van der Waals surface area contributed by atoms with Gasteiger partial charge >= 0.3 is 0 Å². The molecule has 0 radical (unpaired) electrons. The first-order chi connectivity index (χ1) is 16.3. The third-order valence-corrected chi connectivity index (χ3v) is 6.82. The zero-order valence-electron chi connectivity index (χ0n) is 21.8. The average Bonchev–Trinajstić information content (AvgIpc) is 3.15. The number of nitrogens with one attached hydrogen (secondary N) is 1. The van der Waals surface area contributed by atoms with Gasteiger partial charge in [-0.2, -0.15) is 0 Å². The Labute approximate surface area is 206 Å². The second kappa shape index (κ2) is 9.00. The number of nitrogens with zero attached hydrogens (tertiary/aromatic N) is 7. The van der Waals surface area contributed by atoms with Gasteiger partial charge in [0.25, 0.3) is 0 Å². The number of aromatic nitrogens is 6. The lowest BCUT2D eigenvalue weighted by atomic mass is 9.85. The lowest BCUT2D eigenvalue weighted by Gasteiger charge is -2.35. The third-order valence-electron chi connectivity index (χ3n) is 6.82. The van der Waals surface area contributed by atoms with Crippen LogP contribution in [0.1, 0.15) is 97.1 Å². The Morgan fingerprint density at radius 3 is 2.29 bits per heavy atom. The molecule has 2 N–H and O–H groups in total. The minimum absolute atomic E-state index is 0.0949. The van der Waals surface area contributed by atoms with Crippen molar-refractivity contribution in [2.75, 3.05) is 6.54 Å². The van der Waals surface area contributed by atoms with Crippen molar-refractivity contribution in [1.29, 1.82) is 0 Å². The largest absolute Gasteiger partial charge is 0.391 e. The number of aliphatic hydroxyl groups excluding tert-OH is 1. The van der Waals surface area contributed by atoms with Gasteiger partial charge in [0.2, 0.25) is 11.8 Å². The van der Waals surface area contributed by atoms with Crippen molar-refractivity contribution in [3.05, 3.63) is 23.8 Å². The van der Waals surface area contributed by atoms with Crippen LogP contribution in [0.15, 0.2) is 12.4 Å². The number of rotatable bonds is 7. The van der Waals surface area contributed by atoms with E-state index >= 15 is 0 Å². The number of carbonyl (C=O) groups is 2. The van der Waals surface area contributed by atoms with E-state index in [9.17, 15) is 14.7 Å². The van der Waals surface area contributed by atoms with E-state index in [0.29, 0.717) is 11.6 Å². The number of hydrogen-bond donors (Lipinski definition) is 2. The molecule has 0 bridgehead atoms. The highest BCUT2D eigenvalue weighted by Gasteiger charge is 2.46. The molecule has 2 unspecified atom stereocenters. The van der Waals surface area contributed by atoms with Crippen LogP contribution >= 0.6 is 0 Å². The molecule has 4 rings (SSSR count). The van der Waals surface area contributed by atoms with E-state index in [0.717, 1.165) is 18.5 Å². The van der Waals surface area contributed by atoms with Crippen LogP contribution in [0.5, 0.6) is 0 Å². The molecule has 3 atom stereocenters. The van der Waals surface area contributed by atoms with Gasteiger partial charge in [-0.05, 0) is 46.0 Å². The van der Waals surface area contributed by atoms with E-state index in [4.69, 9.17) is 0 Å². The Morgan fingerprint density at radius 1 is 1.06 bits per heavy atom. The van der Waals surface area contributed by atoms with Crippen molar-refractivity contribution in [3.8, 4) is 0 Å². The average molecular weight is 487 g/mol. The van der Waals surface area contributed by atoms with Gasteiger partial charge in [-0.1, -0.05) is 31.2 Å². The second-order valence-corrected chi connectivity index (χ2v) is 11.9. The smallest absolute Gasteiger partial charge is 0.248 e. The molecule has 2 fully saturated rings. The second-order valence-electron chi connectivity index (χ2n) is 11.9. The highest BCUT2D eigenvalue weighted by molar-refractivity contribution is 5.90. The molecule has 2 aromatic rings. The third kappa shape index (κ3) is 5.24. The first-order valence-corrected chi connectivity index (χ1v) is 12.4. The molecular formula is C24H38N8O3. The number of carbonyl (C=O) groups excluding carboxylic acids is 2. The first-order valence-electron chi connectivity index (χ1n) is 12.4. The van der Waals surface area contributed by atoms with Crippen molar-refractivity contribution in [1.82, 2.24) is 40.2 Å². The van der Waals surface area contributed by atoms with Crippen molar-refractivity contribution in [2.45, 2.75) is 103 Å². The summed E-state index contributed by atoms with van der Waals surface area (Å²) in [5, 5.41) is 30.4. The van der Waals surface area contributed by atoms with Gasteiger partial charge in [0.05, 0.1) is 23.5 Å². The predicted octanol–water partition coefficient (Wildman–Crippen LogP) is 1.93. The first kappa shape index (κ1) is 25.3. The molecule has 1 aliphatic carbocycles. The lowest BCUT2D eigenvalue weighted by Crippen LogP contribution is -2.53. The predicted molar refractivity (Wildman–Crippen MR) is 128 cm³/mol. The van der Waals surface area contributed by atoms with E-state index in [2.05, 4.69) is 25.9 Å². The van der Waals surface area contributed by atoms with Crippen LogP contribution in [0.2, 0.25) is 0 Å². The quantitative estimate of drug-likeness (QED) is 0.611. The maximum atomic E-state index is 13.9. The molecule has 0 spiro atoms. The zero-order valence-corrected chi connectivity index (χ0v) is 21.8. The zero-order chi connectivity index (χ0) is 25.7. The van der Waals surface area contributed by atoms with E-state index in [1.54, 1.807) is 9.36 Å². The van der Waals surface area contributed by atoms with Crippen molar-refractivity contribution < 1.29 is 14.7 Å². The van der Waals surface area contributed by atoms with Crippen molar-refractivity contribution in [2.24, 2.45) is 5.41 Å². The van der Waals surface area contributed by atoms with Crippen LogP contribution in [0.3, 0.4) is 0 Å². The number of likely N-dealkylation sites (tertiary alicyclic amines) is 1. The molecule has 11 heteroatoms. The summed E-state index contributed by atoms with van der Waals surface area (Å²) in [5.41, 5.74) is 0.244. The van der Waals surface area contributed by atoms with Crippen molar-refractivity contribution >= 4 is 11.8 Å². The topological polar surface area (TPSA) is 131 Å². The fourth-order valence-electron chi connectivity index (χ4n) is 4.60. The number of β-amino-alcohol motifs (C(OH)–C–C–N with tert-alkyl or cyclic N) is 1. The van der Waals surface area contributed by atoms with Crippen LogP contribution in [0, 0.1) is 5.41 Å². The van der Waals surface area contributed by atoms with Gasteiger partial charge in [-0.15, -0.1) is 10.2 Å². The fraction of sp³-hybridized carbons (Fsp3) is 0.750. The summed E-state index contributed by atoms with van der Waals surface area (Å²) in [4.78, 5) is 28.8. The summed E-state index contributed by atoms with van der Waals surface area (Å²) < 4.78 is 3.37. The minimum atomic E-state index is -0.805. The monoisotopic (exact) mass is 486 g/mol. The van der Waals surface area contributed by atoms with Gasteiger partial charge in [0, 0.05) is 31.1 Å². The maximum absolute atomic E-state index is 13.9. The van der Waals surface area contributed by atoms with Gasteiger partial charge in [-0.25, -0.2) is 9.36 Å². The summed E-state index contributed by atoms with van der Waals surface area (Å²) in [7, 11) is 0. The number of amides is 2. The number of hydrogen-bond acceptors (Lipinski definition) is 7. The van der Waals surface area contributed by atoms with Crippen LogP contribution in [0.4, 0.5) is 0 Å². The van der Waals surface area contributed by atoms with E-state index in [1.165, 1.54) is 4.90 Å². The number of aliphatic hydroxyl groups is 1. The minimum Gasteiger partial charge on any atom is -0.391 e. The Bertz CT molecular complexity index is 1080. The molecule has 2 amide bonds. The van der Waals surface area contributed by atoms with E-state index in [1.807, 2.05) is 60.9 Å². The molecule has 0 aromatic carbocycles. The van der Waals surface area contributed by atoms with Crippen LogP contribution in [0.25, 0.3) is 0 Å². The molecule has 1 aliphatic heterocycles. The highest BCUT2D eigenvalue weighted by Crippen LogP contribution is 2.40. The van der Waals surface area contributed by atoms with Gasteiger partial charge in [0.15, 0.2) is 0 Å². The fourth-order valence-corrected chi connectivity index (χ4v) is 4.60. The van der Waals surface area contributed by atoms with Gasteiger partial charge < -0.3 is 15.3 Å². The Hall–Kier alpha value is -2.82. The standard InChI is InChI=1S/C24H38N8O3/c1-14(2)31-13-19(27-29-31)24(6,7)25-21(34)18-10-16(33)11-30(18)22(35)20(23(3,4)5)32-12-17(26-28-32)15-8-9-15/h12-16,18,20,33H,8-11H2,1-7H3,(H,25,34)/t16?,18?,20-/m1/s1. The van der Waals surface area contributed by atoms with E-state index < -0.39 is 29.1 Å². The molecule has 1 saturated carbocycles. The molecule has 2 aromatic heterocycles. The molecule has 11 nitrogen and oxygen atoms in total. The Morgan fingerprint density at radius 2 is 1.71 bits per heavy atom. The maximum Gasteiger partial charge on any atom is 0.248 e. The SMILES string of the molecule is CC(C)n1cc(C(C)(C)NC(=O)C2CC(O)CN2C(=O)[C@@H](n2cc(C3CC3)nn2)C(C)(C)C)nn1. The van der Waals surface area contributed by atoms with Crippen LogP contribution in [-0.4, -0.2) is 70.5 Å². The molecule has 1 saturated heterocycles. The molecule has 2 aliphatic rings. The molecule has 3 heterocycles. The normalized spacial score (nSPS) is 22.0. The van der Waals surface area contributed by atoms with Crippen LogP contribution in [-0.2, 0) is 15.1 Å². The van der Waals surface area contributed by atoms with E-state index in [-0.39, 0.29) is 30.8 Å². The molecule has 35 heavy (non-hydrogen) atoms. The summed E-state index contributed by atoms with van der Waals surface area (Å²) in [5.74, 6) is -0.156. The van der Waals surface area contributed by atoms with Gasteiger partial charge in [0.1, 0.15) is 17.8 Å². The Balaban J connectivity index is 1.55. The highest BCUT2D eigenvalue weighted by atomic mass is 16.3. The van der Waals surface area contributed by atoms with Gasteiger partial charge in [-0.3, -0.25) is 9.59 Å². The molecular weight excluding hydrogens is 448 g/mol. The summed E-state index contributed by atoms with van der Waals surface area (Å²) in [6.07, 6.45) is 5.25.